The Balaban J connectivity index is 1.89. The van der Waals surface area contributed by atoms with Crippen LogP contribution < -0.4 is 5.32 Å². The fourth-order valence-corrected chi connectivity index (χ4v) is 3.82. The number of amides is 2. The van der Waals surface area contributed by atoms with Crippen molar-refractivity contribution in [1.82, 2.24) is 9.88 Å². The van der Waals surface area contributed by atoms with Gasteiger partial charge < -0.3 is 20.3 Å². The number of pyridine rings is 1. The van der Waals surface area contributed by atoms with Crippen molar-refractivity contribution in [1.29, 1.82) is 0 Å². The van der Waals surface area contributed by atoms with E-state index in [-0.39, 0.29) is 48.3 Å². The highest BCUT2D eigenvalue weighted by Crippen LogP contribution is 2.29. The zero-order valence-electron chi connectivity index (χ0n) is 16.5. The van der Waals surface area contributed by atoms with E-state index in [4.69, 9.17) is 17.0 Å². The van der Waals surface area contributed by atoms with E-state index in [0.717, 1.165) is 0 Å². The van der Waals surface area contributed by atoms with Gasteiger partial charge in [-0.1, -0.05) is 30.9 Å². The third-order valence-electron chi connectivity index (χ3n) is 4.91. The van der Waals surface area contributed by atoms with Crippen LogP contribution in [0.5, 0.6) is 0 Å². The first-order valence-electron chi connectivity index (χ1n) is 9.50. The third kappa shape index (κ3) is 5.15. The first-order chi connectivity index (χ1) is 14.8. The molecule has 31 heavy (non-hydrogen) atoms. The van der Waals surface area contributed by atoms with Crippen LogP contribution in [0.15, 0.2) is 43.0 Å². The summed E-state index contributed by atoms with van der Waals surface area (Å²) in [7, 11) is 0. The summed E-state index contributed by atoms with van der Waals surface area (Å²) in [6.07, 6.45) is 1.17. The molecule has 3 N–H and O–H groups in total. The lowest BCUT2D eigenvalue weighted by Crippen LogP contribution is -2.43. The molecule has 1 aromatic carbocycles. The van der Waals surface area contributed by atoms with Gasteiger partial charge in [-0.15, -0.1) is 0 Å². The van der Waals surface area contributed by atoms with E-state index < -0.39 is 24.0 Å². The smallest absolute Gasteiger partial charge is 0.410 e. The molecule has 1 aliphatic heterocycles. The van der Waals surface area contributed by atoms with Crippen molar-refractivity contribution in [3.05, 3.63) is 48.7 Å². The number of benzene rings is 1. The van der Waals surface area contributed by atoms with Crippen molar-refractivity contribution in [2.24, 2.45) is 5.92 Å². The molecule has 0 unspecified atom stereocenters. The Hall–Kier alpha value is -3.53. The van der Waals surface area contributed by atoms with Gasteiger partial charge in [0.1, 0.15) is 12.6 Å². The van der Waals surface area contributed by atoms with E-state index in [1.165, 1.54) is 17.0 Å². The number of carbonyl (C=O) groups is 3. The summed E-state index contributed by atoms with van der Waals surface area (Å²) in [6, 6.07) is 7.21. The van der Waals surface area contributed by atoms with Crippen LogP contribution in [0.1, 0.15) is 23.3 Å². The average molecular weight is 443 g/mol. The lowest BCUT2D eigenvalue weighted by Gasteiger charge is -2.23. The molecule has 0 spiro atoms. The average Bonchev–Trinajstić information content (AvgIpc) is 3.15. The minimum absolute atomic E-state index is 0.0102. The second kappa shape index (κ2) is 9.52. The number of aliphatic hydroxyl groups is 1. The molecule has 1 fully saturated rings. The molecule has 2 amide bonds. The topological polar surface area (TPSA) is 129 Å². The molecule has 3 rings (SSSR count). The molecular formula is C21H21N3O6S. The standard InChI is InChI=1S/C21H21N3O6S/c1-2-7-30-21(29)24-11-12(9-18(25)31)8-17(24)19(26)23-15-10-16(20(27)28)22-14-6-4-3-5-13(14)15/h2-6,10,12,17H,1,7-9,11H2,(H,25,31)(H,27,28)(H,22,23,26)/t12-,17-/m0/s1. The molecule has 1 aromatic heterocycles. The Kier molecular flexibility index (Phi) is 6.81. The number of carbonyl (C=O) groups excluding carboxylic acids is 2. The number of hydrogen-bond acceptors (Lipinski definition) is 6. The van der Waals surface area contributed by atoms with E-state index >= 15 is 0 Å². The number of aromatic carboxylic acids is 1. The second-order valence-electron chi connectivity index (χ2n) is 7.10. The Morgan fingerprint density at radius 2 is 2.06 bits per heavy atom. The van der Waals surface area contributed by atoms with Gasteiger partial charge >= 0.3 is 12.1 Å². The first-order valence-corrected chi connectivity index (χ1v) is 9.91. The molecule has 1 aliphatic rings. The monoisotopic (exact) mass is 443 g/mol. The van der Waals surface area contributed by atoms with Crippen LogP contribution in [0.25, 0.3) is 10.9 Å². The van der Waals surface area contributed by atoms with E-state index in [9.17, 15) is 24.6 Å². The predicted molar refractivity (Wildman–Crippen MR) is 117 cm³/mol. The molecule has 2 aromatic rings. The van der Waals surface area contributed by atoms with Gasteiger partial charge in [0, 0.05) is 18.4 Å². The summed E-state index contributed by atoms with van der Waals surface area (Å²) >= 11 is 4.75. The number of ether oxygens (including phenoxy) is 1. The molecule has 2 heterocycles. The fraction of sp³-hybridized carbons (Fsp3) is 0.286. The zero-order valence-corrected chi connectivity index (χ0v) is 17.3. The lowest BCUT2D eigenvalue weighted by molar-refractivity contribution is -0.120. The molecule has 0 saturated carbocycles. The molecule has 9 nitrogen and oxygen atoms in total. The zero-order chi connectivity index (χ0) is 22.5. The summed E-state index contributed by atoms with van der Waals surface area (Å²) in [5.41, 5.74) is 0.467. The van der Waals surface area contributed by atoms with Crippen LogP contribution in [0.2, 0.25) is 0 Å². The minimum atomic E-state index is -1.23. The Labute approximate surface area is 183 Å². The van der Waals surface area contributed by atoms with Crippen LogP contribution in [0.3, 0.4) is 0 Å². The molecule has 1 saturated heterocycles. The van der Waals surface area contributed by atoms with Crippen LogP contribution in [0.4, 0.5) is 10.5 Å². The molecule has 10 heteroatoms. The quantitative estimate of drug-likeness (QED) is 0.440. The number of nitrogens with one attached hydrogen (secondary N) is 1. The summed E-state index contributed by atoms with van der Waals surface area (Å²) in [5.74, 6) is -1.95. The van der Waals surface area contributed by atoms with Crippen LogP contribution in [-0.4, -0.2) is 62.3 Å². The number of anilines is 1. The van der Waals surface area contributed by atoms with Crippen molar-refractivity contribution in [3.63, 3.8) is 0 Å². The molecule has 0 radical (unpaired) electrons. The van der Waals surface area contributed by atoms with Crippen molar-refractivity contribution in [2.45, 2.75) is 18.9 Å². The normalized spacial score (nSPS) is 17.9. The Morgan fingerprint density at radius 1 is 1.32 bits per heavy atom. The molecule has 2 atom stereocenters. The van der Waals surface area contributed by atoms with Gasteiger partial charge in [-0.25, -0.2) is 14.6 Å². The van der Waals surface area contributed by atoms with Crippen LogP contribution in [-0.2, 0) is 9.53 Å². The number of para-hydroxylation sites is 1. The number of carboxylic acids is 1. The van der Waals surface area contributed by atoms with E-state index in [2.05, 4.69) is 16.9 Å². The number of rotatable bonds is 7. The highest BCUT2D eigenvalue weighted by atomic mass is 32.1. The largest absolute Gasteiger partial charge is 0.502 e. The fourth-order valence-electron chi connectivity index (χ4n) is 3.59. The summed E-state index contributed by atoms with van der Waals surface area (Å²) in [5, 5.41) is 21.9. The molecule has 0 bridgehead atoms. The lowest BCUT2D eigenvalue weighted by atomic mass is 10.0. The van der Waals surface area contributed by atoms with E-state index in [1.807, 2.05) is 0 Å². The maximum absolute atomic E-state index is 13.1. The van der Waals surface area contributed by atoms with Crippen molar-refractivity contribution >= 4 is 51.8 Å². The van der Waals surface area contributed by atoms with Crippen LogP contribution >= 0.6 is 12.2 Å². The summed E-state index contributed by atoms with van der Waals surface area (Å²) in [4.78, 5) is 42.4. The Morgan fingerprint density at radius 3 is 2.74 bits per heavy atom. The van der Waals surface area contributed by atoms with Crippen molar-refractivity contribution < 1.29 is 29.3 Å². The van der Waals surface area contributed by atoms with Gasteiger partial charge in [0.15, 0.2) is 10.7 Å². The second-order valence-corrected chi connectivity index (χ2v) is 7.57. The molecular weight excluding hydrogens is 422 g/mol. The number of fused-ring (bicyclic) bond motifs is 1. The number of aliphatic hydroxyl groups excluding tert-OH is 1. The number of aromatic nitrogens is 1. The summed E-state index contributed by atoms with van der Waals surface area (Å²) < 4.78 is 5.09. The first kappa shape index (κ1) is 22.2. The number of carboxylic acid groups (broad SMARTS) is 1. The minimum Gasteiger partial charge on any atom is -0.502 e. The highest BCUT2D eigenvalue weighted by molar-refractivity contribution is 7.80. The molecule has 0 aliphatic carbocycles. The van der Waals surface area contributed by atoms with Gasteiger partial charge in [0.05, 0.1) is 11.2 Å². The number of thiocarbonyl (C=S) groups is 1. The maximum Gasteiger partial charge on any atom is 0.410 e. The number of likely N-dealkylation sites (tertiary alicyclic amines) is 1. The number of nitrogens with zero attached hydrogens (tertiary/aromatic N) is 2. The molecule has 162 valence electrons. The van der Waals surface area contributed by atoms with E-state index in [0.29, 0.717) is 10.9 Å². The van der Waals surface area contributed by atoms with E-state index in [1.54, 1.807) is 24.3 Å². The SMILES string of the molecule is C=CCOC(=O)N1C[C@H](CC(O)=S)C[C@H]1C(=O)Nc1cc(C(=O)O)nc2ccccc12. The third-order valence-corrected chi connectivity index (χ3v) is 5.07. The van der Waals surface area contributed by atoms with Gasteiger partial charge in [-0.2, -0.15) is 0 Å². The van der Waals surface area contributed by atoms with Gasteiger partial charge in [0.2, 0.25) is 5.91 Å². The van der Waals surface area contributed by atoms with Crippen molar-refractivity contribution in [2.75, 3.05) is 18.5 Å². The summed E-state index contributed by atoms with van der Waals surface area (Å²) in [6.45, 7) is 3.67. The maximum atomic E-state index is 13.1. The van der Waals surface area contributed by atoms with Crippen LogP contribution in [0, 0.1) is 5.92 Å². The predicted octanol–water partition coefficient (Wildman–Crippen LogP) is 3.16. The highest BCUT2D eigenvalue weighted by Gasteiger charge is 2.41. The van der Waals surface area contributed by atoms with Gasteiger partial charge in [-0.3, -0.25) is 9.69 Å². The Bertz CT molecular complexity index is 1060. The van der Waals surface area contributed by atoms with Gasteiger partial charge in [0.25, 0.3) is 0 Å². The van der Waals surface area contributed by atoms with Crippen molar-refractivity contribution in [3.8, 4) is 0 Å². The van der Waals surface area contributed by atoms with Gasteiger partial charge in [-0.05, 0) is 36.7 Å². The number of hydrogen-bond donors (Lipinski definition) is 3.